The Kier molecular flexibility index (Phi) is 5.29. The molecule has 2 aromatic carbocycles. The molecule has 3 aromatic rings. The molecule has 0 saturated heterocycles. The summed E-state index contributed by atoms with van der Waals surface area (Å²) in [5, 5.41) is 8.53. The van der Waals surface area contributed by atoms with E-state index in [9.17, 15) is 26.4 Å². The Morgan fingerprint density at radius 2 is 1.71 bits per heavy atom. The third-order valence-corrected chi connectivity index (χ3v) is 5.91. The molecule has 1 aromatic heterocycles. The summed E-state index contributed by atoms with van der Waals surface area (Å²) in [5.41, 5.74) is 0.350. The molecule has 3 rings (SSSR count). The first-order valence-electron chi connectivity index (χ1n) is 7.45. The average Bonchev–Trinajstić information content (AvgIpc) is 3.01. The van der Waals surface area contributed by atoms with Gasteiger partial charge in [-0.1, -0.05) is 41.7 Å². The molecule has 0 amide bonds. The van der Waals surface area contributed by atoms with E-state index < -0.39 is 38.5 Å². The van der Waals surface area contributed by atoms with Crippen molar-refractivity contribution in [2.24, 2.45) is 0 Å². The molecule has 2 N–H and O–H groups in total. The van der Waals surface area contributed by atoms with Crippen molar-refractivity contribution in [1.82, 2.24) is 0 Å². The number of carboxylic acid groups (broad SMARTS) is 1. The topological polar surface area (TPSA) is 92.7 Å². The van der Waals surface area contributed by atoms with Crippen LogP contribution in [0.15, 0.2) is 53.4 Å². The Balaban J connectivity index is 2.04. The summed E-state index contributed by atoms with van der Waals surface area (Å²) < 4.78 is 71.7. The number of anilines is 1. The van der Waals surface area contributed by atoms with Crippen LogP contribution in [0, 0.1) is 17.5 Å². The van der Waals surface area contributed by atoms with Gasteiger partial charge in [-0.15, -0.1) is 0 Å². The summed E-state index contributed by atoms with van der Waals surface area (Å²) in [6, 6.07) is 10.9. The molecule has 0 atom stereocenters. The third kappa shape index (κ3) is 3.94. The molecule has 0 radical (unpaired) electrons. The summed E-state index contributed by atoms with van der Waals surface area (Å²) >= 11 is 0.829. The van der Waals surface area contributed by atoms with E-state index in [1.165, 1.54) is 6.07 Å². The van der Waals surface area contributed by atoms with Gasteiger partial charge in [0, 0.05) is 4.88 Å². The number of ether oxygens (including phenoxy) is 1. The van der Waals surface area contributed by atoms with Gasteiger partial charge in [0.2, 0.25) is 5.06 Å². The van der Waals surface area contributed by atoms with E-state index in [2.05, 4.69) is 4.74 Å². The van der Waals surface area contributed by atoms with Crippen molar-refractivity contribution in [3.63, 3.8) is 0 Å². The van der Waals surface area contributed by atoms with Gasteiger partial charge in [0.05, 0.1) is 0 Å². The summed E-state index contributed by atoms with van der Waals surface area (Å²) in [6.07, 6.45) is -1.69. The minimum absolute atomic E-state index is 0.296. The number of sulfonamides is 1. The van der Waals surface area contributed by atoms with Crippen LogP contribution < -0.4 is 9.46 Å². The van der Waals surface area contributed by atoms with Gasteiger partial charge >= 0.3 is 6.16 Å². The van der Waals surface area contributed by atoms with E-state index in [1.54, 1.807) is 30.3 Å². The Labute approximate surface area is 160 Å². The molecule has 146 valence electrons. The van der Waals surface area contributed by atoms with E-state index >= 15 is 0 Å². The fourth-order valence-electron chi connectivity index (χ4n) is 2.26. The number of hydrogen-bond donors (Lipinski definition) is 2. The largest absolute Gasteiger partial charge is 0.512 e. The monoisotopic (exact) mass is 429 g/mol. The van der Waals surface area contributed by atoms with Crippen LogP contribution in [0.5, 0.6) is 5.06 Å². The third-order valence-electron chi connectivity index (χ3n) is 3.47. The molecule has 0 aliphatic heterocycles. The molecule has 6 nitrogen and oxygen atoms in total. The first-order valence-corrected chi connectivity index (χ1v) is 9.75. The predicted octanol–water partition coefficient (Wildman–Crippen LogP) is 4.69. The van der Waals surface area contributed by atoms with Gasteiger partial charge in [-0.25, -0.2) is 26.4 Å². The number of nitrogens with one attached hydrogen (secondary N) is 1. The molecule has 0 saturated carbocycles. The summed E-state index contributed by atoms with van der Waals surface area (Å²) in [6.45, 7) is 0. The molecule has 11 heteroatoms. The highest BCUT2D eigenvalue weighted by molar-refractivity contribution is 7.92. The van der Waals surface area contributed by atoms with E-state index in [0.29, 0.717) is 22.6 Å². The van der Waals surface area contributed by atoms with Gasteiger partial charge < -0.3 is 9.84 Å². The SMILES string of the molecule is O=C(O)Oc1sc(-c2ccccc2)cc1NS(=O)(=O)c1ccc(F)c(F)c1F. The highest BCUT2D eigenvalue weighted by atomic mass is 32.2. The Bertz CT molecular complexity index is 1150. The second-order valence-corrected chi connectivity index (χ2v) is 7.99. The molecule has 28 heavy (non-hydrogen) atoms. The number of rotatable bonds is 5. The van der Waals surface area contributed by atoms with Gasteiger partial charge in [0.1, 0.15) is 10.6 Å². The summed E-state index contributed by atoms with van der Waals surface area (Å²) in [7, 11) is -4.71. The average molecular weight is 429 g/mol. The molecule has 0 aliphatic rings. The van der Waals surface area contributed by atoms with Gasteiger partial charge in [0.15, 0.2) is 17.5 Å². The molecular formula is C17H10F3NO5S2. The van der Waals surface area contributed by atoms with E-state index in [1.807, 2.05) is 4.72 Å². The minimum atomic E-state index is -4.71. The van der Waals surface area contributed by atoms with Crippen molar-refractivity contribution in [2.45, 2.75) is 4.90 Å². The first kappa shape index (κ1) is 19.7. The molecule has 0 fully saturated rings. The maximum atomic E-state index is 13.9. The van der Waals surface area contributed by atoms with Crippen molar-refractivity contribution < 1.29 is 36.2 Å². The number of carbonyl (C=O) groups is 1. The van der Waals surface area contributed by atoms with Gasteiger partial charge in [0.25, 0.3) is 10.0 Å². The molecule has 1 heterocycles. The van der Waals surface area contributed by atoms with Crippen LogP contribution in [0.1, 0.15) is 0 Å². The maximum absolute atomic E-state index is 13.9. The lowest BCUT2D eigenvalue weighted by atomic mass is 10.2. The smallest absolute Gasteiger partial charge is 0.449 e. The lowest BCUT2D eigenvalue weighted by Gasteiger charge is -2.09. The number of benzene rings is 2. The lowest BCUT2D eigenvalue weighted by Crippen LogP contribution is -2.16. The highest BCUT2D eigenvalue weighted by Gasteiger charge is 2.26. The summed E-state index contributed by atoms with van der Waals surface area (Å²) in [5.74, 6) is -5.39. The minimum Gasteiger partial charge on any atom is -0.449 e. The zero-order valence-electron chi connectivity index (χ0n) is 13.6. The number of hydrogen-bond acceptors (Lipinski definition) is 5. The number of thiophene rings is 1. The van der Waals surface area contributed by atoms with Crippen LogP contribution in [0.25, 0.3) is 10.4 Å². The van der Waals surface area contributed by atoms with Crippen molar-refractivity contribution in [2.75, 3.05) is 4.72 Å². The van der Waals surface area contributed by atoms with Gasteiger partial charge in [-0.3, -0.25) is 4.72 Å². The molecule has 0 spiro atoms. The van der Waals surface area contributed by atoms with Crippen LogP contribution in [-0.4, -0.2) is 19.7 Å². The number of halogens is 3. The predicted molar refractivity (Wildman–Crippen MR) is 95.5 cm³/mol. The van der Waals surface area contributed by atoms with Crippen molar-refractivity contribution in [3.05, 3.63) is 66.0 Å². The highest BCUT2D eigenvalue weighted by Crippen LogP contribution is 2.42. The van der Waals surface area contributed by atoms with Crippen LogP contribution in [0.2, 0.25) is 0 Å². The summed E-state index contributed by atoms with van der Waals surface area (Å²) in [4.78, 5) is 10.2. The Hall–Kier alpha value is -3.05. The second-order valence-electron chi connectivity index (χ2n) is 5.32. The zero-order valence-corrected chi connectivity index (χ0v) is 15.3. The standard InChI is InChI=1S/C17H10F3NO5S2/c18-10-6-7-13(15(20)14(10)19)28(24,25)21-11-8-12(9-4-2-1-3-5-9)27-16(11)26-17(22)23/h1-8,21H,(H,22,23). The molecule has 0 aliphatic carbocycles. The van der Waals surface area contributed by atoms with Gasteiger partial charge in [-0.2, -0.15) is 0 Å². The molecule has 0 unspecified atom stereocenters. The van der Waals surface area contributed by atoms with Crippen LogP contribution in [0.4, 0.5) is 23.7 Å². The van der Waals surface area contributed by atoms with Crippen LogP contribution in [-0.2, 0) is 10.0 Å². The fraction of sp³-hybridized carbons (Fsp3) is 0. The van der Waals surface area contributed by atoms with Crippen LogP contribution >= 0.6 is 11.3 Å². The van der Waals surface area contributed by atoms with Crippen LogP contribution in [0.3, 0.4) is 0 Å². The first-order chi connectivity index (χ1) is 13.2. The van der Waals surface area contributed by atoms with Crippen molar-refractivity contribution in [1.29, 1.82) is 0 Å². The van der Waals surface area contributed by atoms with Crippen molar-refractivity contribution >= 4 is 33.2 Å². The van der Waals surface area contributed by atoms with E-state index in [4.69, 9.17) is 5.11 Å². The Morgan fingerprint density at radius 1 is 1.04 bits per heavy atom. The quantitative estimate of drug-likeness (QED) is 0.453. The maximum Gasteiger partial charge on any atom is 0.512 e. The zero-order chi connectivity index (χ0) is 20.5. The van der Waals surface area contributed by atoms with Crippen molar-refractivity contribution in [3.8, 4) is 15.5 Å². The van der Waals surface area contributed by atoms with E-state index in [0.717, 1.165) is 11.3 Å². The lowest BCUT2D eigenvalue weighted by molar-refractivity contribution is 0.146. The van der Waals surface area contributed by atoms with E-state index in [-0.39, 0.29) is 10.8 Å². The Morgan fingerprint density at radius 3 is 2.36 bits per heavy atom. The van der Waals surface area contributed by atoms with Gasteiger partial charge in [-0.05, 0) is 23.8 Å². The molecular weight excluding hydrogens is 419 g/mol. The normalized spacial score (nSPS) is 11.2. The fourth-order valence-corrected chi connectivity index (χ4v) is 4.41. The molecule has 0 bridgehead atoms. The second kappa shape index (κ2) is 7.52.